The van der Waals surface area contributed by atoms with Crippen molar-refractivity contribution in [3.05, 3.63) is 86.9 Å². The van der Waals surface area contributed by atoms with Gasteiger partial charge < -0.3 is 19.5 Å². The van der Waals surface area contributed by atoms with E-state index >= 15 is 13.2 Å². The Bertz CT molecular complexity index is 2370. The highest BCUT2D eigenvalue weighted by Crippen LogP contribution is 2.46. The van der Waals surface area contributed by atoms with E-state index in [1.54, 1.807) is 13.1 Å². The maximum absolute atomic E-state index is 17.3. The highest BCUT2D eigenvalue weighted by molar-refractivity contribution is 6.98. The van der Waals surface area contributed by atoms with Crippen LogP contribution in [0.5, 0.6) is 0 Å². The van der Waals surface area contributed by atoms with Crippen molar-refractivity contribution in [2.24, 2.45) is 0 Å². The SMILES string of the molecule is [2H]C1([2H])N(c2ccc3c(c2)[Si](C)(C)C2=CC(=[N+]4C([2H])([2H])C([2H])([2H])C4([2H])[2H])C=CC2=C3c2c(F)c(C(C#N)(C#N)OCOC)c(F)c(F)c2C(=O)O)C([2H])([2H])C1([2H])[2H]. The Hall–Kier alpha value is -4.49. The molecule has 2 aromatic rings. The quantitative estimate of drug-likeness (QED) is 0.205. The number of allylic oxidation sites excluding steroid dienone is 5. The minimum atomic E-state index is -3.50. The monoisotopic (exact) mass is 643 g/mol. The molecule has 0 spiro atoms. The first-order valence-corrected chi connectivity index (χ1v) is 16.2. The zero-order chi connectivity index (χ0) is 43.0. The van der Waals surface area contributed by atoms with Gasteiger partial charge in [0.1, 0.15) is 56.9 Å². The maximum atomic E-state index is 17.3. The van der Waals surface area contributed by atoms with E-state index in [0.29, 0.717) is 9.48 Å². The molecule has 6 rings (SSSR count). The lowest BCUT2D eigenvalue weighted by molar-refractivity contribution is -0.582. The first-order chi connectivity index (χ1) is 26.0. The fraction of sp³-hybridized carbons (Fsp3) is 0.333. The van der Waals surface area contributed by atoms with Crippen molar-refractivity contribution in [2.45, 2.75) is 31.4 Å². The lowest BCUT2D eigenvalue weighted by atomic mass is 9.83. The molecule has 0 saturated carbocycles. The van der Waals surface area contributed by atoms with E-state index in [0.717, 1.165) is 19.3 Å². The molecule has 0 aromatic heterocycles. The first-order valence-electron chi connectivity index (χ1n) is 19.2. The van der Waals surface area contributed by atoms with E-state index in [4.69, 9.17) is 25.9 Å². The van der Waals surface area contributed by atoms with Crippen LogP contribution in [0.25, 0.3) is 5.57 Å². The summed E-state index contributed by atoms with van der Waals surface area (Å²) in [5.41, 5.74) is -8.88. The Labute approximate surface area is 276 Å². The zero-order valence-corrected chi connectivity index (χ0v) is 24.8. The maximum Gasteiger partial charge on any atom is 0.339 e. The summed E-state index contributed by atoms with van der Waals surface area (Å²) in [4.78, 5) is 13.3. The summed E-state index contributed by atoms with van der Waals surface area (Å²) in [5.74, 6) is -8.59. The second-order valence-corrected chi connectivity index (χ2v) is 15.0. The number of fused-ring (bicyclic) bond motifs is 2. The third kappa shape index (κ3) is 4.55. The van der Waals surface area contributed by atoms with Gasteiger partial charge in [-0.1, -0.05) is 19.2 Å². The molecule has 3 aliphatic heterocycles. The van der Waals surface area contributed by atoms with Crippen molar-refractivity contribution in [1.29, 1.82) is 10.5 Å². The molecule has 1 aliphatic carbocycles. The fourth-order valence-corrected chi connectivity index (χ4v) is 8.75. The predicted octanol–water partition coefficient (Wildman–Crippen LogP) is 4.50. The summed E-state index contributed by atoms with van der Waals surface area (Å²) in [7, 11) is -2.45. The molecular weight excluding hydrogens is 601 g/mol. The summed E-state index contributed by atoms with van der Waals surface area (Å²) in [6, 6.07) is 6.12. The van der Waals surface area contributed by atoms with Gasteiger partial charge in [0, 0.05) is 54.5 Å². The molecule has 0 bridgehead atoms. The van der Waals surface area contributed by atoms with Crippen molar-refractivity contribution in [3.8, 4) is 12.1 Å². The van der Waals surface area contributed by atoms with Crippen molar-refractivity contribution < 1.29 is 53.6 Å². The molecule has 2 aromatic carbocycles. The van der Waals surface area contributed by atoms with Crippen LogP contribution in [0.1, 0.15) is 56.2 Å². The predicted molar refractivity (Wildman–Crippen MR) is 162 cm³/mol. The zero-order valence-electron chi connectivity index (χ0n) is 35.8. The molecular formula is C33H30F3N4O4Si+. The average molecular weight is 644 g/mol. The summed E-state index contributed by atoms with van der Waals surface area (Å²) in [5, 5.41) is 30.6. The molecule has 8 nitrogen and oxygen atoms in total. The Kier molecular flexibility index (Phi) is 4.73. The third-order valence-electron chi connectivity index (χ3n) is 7.92. The highest BCUT2D eigenvalue weighted by Gasteiger charge is 2.47. The number of hydrogen-bond donors (Lipinski definition) is 1. The van der Waals surface area contributed by atoms with Gasteiger partial charge in [-0.15, -0.1) is 0 Å². The van der Waals surface area contributed by atoms with Crippen LogP contribution < -0.4 is 10.1 Å². The molecule has 0 unspecified atom stereocenters. The minimum absolute atomic E-state index is 0.0954. The lowest BCUT2D eigenvalue weighted by Crippen LogP contribution is -2.50. The third-order valence-corrected chi connectivity index (χ3v) is 11.4. The number of nitrogens with zero attached hydrogens (tertiary/aromatic N) is 4. The molecule has 1 N–H and O–H groups in total. The molecule has 230 valence electrons. The molecule has 2 fully saturated rings. The molecule has 2 saturated heterocycles. The number of methoxy groups -OCH3 is 1. The number of carboxylic acids is 1. The van der Waals surface area contributed by atoms with Gasteiger partial charge in [-0.25, -0.2) is 22.5 Å². The second kappa shape index (κ2) is 11.1. The minimum Gasteiger partial charge on any atom is -0.478 e. The van der Waals surface area contributed by atoms with Gasteiger partial charge in [0.15, 0.2) is 17.3 Å². The fourth-order valence-electron chi connectivity index (χ4n) is 5.68. The molecule has 0 atom stereocenters. The topological polar surface area (TPSA) is 110 Å². The van der Waals surface area contributed by atoms with Gasteiger partial charge in [0.2, 0.25) is 0 Å². The number of nitriles is 2. The van der Waals surface area contributed by atoms with E-state index in [1.807, 2.05) is 0 Å². The summed E-state index contributed by atoms with van der Waals surface area (Å²) >= 11 is 0. The highest BCUT2D eigenvalue weighted by atomic mass is 28.3. The van der Waals surface area contributed by atoms with Crippen molar-refractivity contribution in [2.75, 3.05) is 44.8 Å². The van der Waals surface area contributed by atoms with Crippen LogP contribution in [0.3, 0.4) is 0 Å². The Balaban J connectivity index is 1.78. The normalized spacial score (nSPS) is 29.0. The molecule has 0 radical (unpaired) electrons. The van der Waals surface area contributed by atoms with Crippen LogP contribution in [0.15, 0.2) is 47.2 Å². The van der Waals surface area contributed by atoms with E-state index in [2.05, 4.69) is 0 Å². The molecule has 12 heteroatoms. The van der Waals surface area contributed by atoms with Crippen LogP contribution >= 0.6 is 0 Å². The largest absolute Gasteiger partial charge is 0.478 e. The number of benzene rings is 2. The molecule has 0 amide bonds. The number of carboxylic acid groups (broad SMARTS) is 1. The van der Waals surface area contributed by atoms with Crippen LogP contribution in [0.4, 0.5) is 18.9 Å². The van der Waals surface area contributed by atoms with Crippen LogP contribution in [-0.2, 0) is 15.1 Å². The Morgan fingerprint density at radius 1 is 1.13 bits per heavy atom. The molecule has 45 heavy (non-hydrogen) atoms. The second-order valence-electron chi connectivity index (χ2n) is 10.7. The van der Waals surface area contributed by atoms with Gasteiger partial charge in [0.25, 0.3) is 5.60 Å². The van der Waals surface area contributed by atoms with E-state index in [-0.39, 0.29) is 32.9 Å². The average Bonchev–Trinajstić information content (AvgIpc) is 3.11. The number of hydrogen-bond acceptors (Lipinski definition) is 6. The van der Waals surface area contributed by atoms with Crippen molar-refractivity contribution >= 4 is 36.2 Å². The van der Waals surface area contributed by atoms with Crippen LogP contribution in [-0.4, -0.2) is 69.3 Å². The van der Waals surface area contributed by atoms with Crippen LogP contribution in [0, 0.1) is 40.1 Å². The summed E-state index contributed by atoms with van der Waals surface area (Å²) in [6.45, 7) is -9.35. The summed E-state index contributed by atoms with van der Waals surface area (Å²) < 4.78 is 159. The number of halogens is 3. The molecule has 4 aliphatic rings. The van der Waals surface area contributed by atoms with Gasteiger partial charge in [-0.2, -0.15) is 10.5 Å². The first kappa shape index (κ1) is 19.1. The summed E-state index contributed by atoms with van der Waals surface area (Å²) in [6.07, 6.45) is -2.51. The van der Waals surface area contributed by atoms with Crippen LogP contribution in [0.2, 0.25) is 13.1 Å². The number of anilines is 1. The Morgan fingerprint density at radius 2 is 1.84 bits per heavy atom. The molecule has 3 heterocycles. The van der Waals surface area contributed by atoms with Gasteiger partial charge in [0.05, 0.1) is 11.9 Å². The van der Waals surface area contributed by atoms with Gasteiger partial charge in [-0.05, 0) is 51.7 Å². The van der Waals surface area contributed by atoms with Gasteiger partial charge >= 0.3 is 5.97 Å². The van der Waals surface area contributed by atoms with Crippen molar-refractivity contribution in [1.82, 2.24) is 0 Å². The van der Waals surface area contributed by atoms with E-state index in [9.17, 15) is 20.4 Å². The lowest BCUT2D eigenvalue weighted by Gasteiger charge is -2.40. The number of ether oxygens (including phenoxy) is 2. The number of rotatable bonds is 7. The number of carbonyl (C=O) groups is 1. The number of aromatic carboxylic acids is 1. The smallest absolute Gasteiger partial charge is 0.339 e. The van der Waals surface area contributed by atoms with Gasteiger partial charge in [-0.3, -0.25) is 0 Å². The Morgan fingerprint density at radius 3 is 2.49 bits per heavy atom. The standard InChI is InChI=1S/C33H29F3N4O4Si/c1-43-18-44-33(16-37,17-38)28-29(34)26(27(32(41)42)30(35)31(28)36)25-21-8-6-19(39-10-4-11-39)14-23(21)45(2,3)24-15-20(7-9-22(24)25)40-12-5-13-40/h6-9,14-15H,4-5,10-13,18H2,1-3H3/p+1/i4D2,5D2,10D2,11D2,12D2,13D2. The van der Waals surface area contributed by atoms with Crippen molar-refractivity contribution in [3.63, 3.8) is 0 Å². The van der Waals surface area contributed by atoms with E-state index in [1.165, 1.54) is 36.4 Å². The van der Waals surface area contributed by atoms with E-state index < -0.39 is 105 Å².